The first-order valence-electron chi connectivity index (χ1n) is 9.00. The van der Waals surface area contributed by atoms with Crippen LogP contribution in [0.2, 0.25) is 0 Å². The van der Waals surface area contributed by atoms with Crippen LogP contribution in [0.3, 0.4) is 0 Å². The van der Waals surface area contributed by atoms with E-state index in [1.54, 1.807) is 16.6 Å². The van der Waals surface area contributed by atoms with E-state index in [1.165, 1.54) is 0 Å². The Morgan fingerprint density at radius 1 is 1.26 bits per heavy atom. The highest BCUT2D eigenvalue weighted by atomic mass is 16.1. The molecule has 0 unspecified atom stereocenters. The number of carbonyl (C=O) groups excluding carboxylic acids is 1. The van der Waals surface area contributed by atoms with Crippen molar-refractivity contribution in [1.29, 1.82) is 0 Å². The van der Waals surface area contributed by atoms with Crippen molar-refractivity contribution < 1.29 is 4.79 Å². The topological polar surface area (TPSA) is 71.3 Å². The number of benzene rings is 1. The highest BCUT2D eigenvalue weighted by Crippen LogP contribution is 2.23. The molecule has 0 saturated heterocycles. The van der Waals surface area contributed by atoms with Crippen molar-refractivity contribution in [2.75, 3.05) is 5.32 Å². The monoisotopic (exact) mass is 359 g/mol. The predicted molar refractivity (Wildman–Crippen MR) is 107 cm³/mol. The molecule has 0 radical (unpaired) electrons. The van der Waals surface area contributed by atoms with Gasteiger partial charge in [-0.3, -0.25) is 4.79 Å². The van der Waals surface area contributed by atoms with Crippen LogP contribution in [0, 0.1) is 0 Å². The first kappa shape index (κ1) is 17.0. The van der Waals surface area contributed by atoms with Gasteiger partial charge in [-0.15, -0.1) is 5.10 Å². The van der Waals surface area contributed by atoms with Crippen molar-refractivity contribution in [2.45, 2.75) is 25.8 Å². The fourth-order valence-corrected chi connectivity index (χ4v) is 2.90. The van der Waals surface area contributed by atoms with E-state index in [0.29, 0.717) is 17.6 Å². The zero-order chi connectivity index (χ0) is 18.8. The van der Waals surface area contributed by atoms with Crippen LogP contribution in [0.5, 0.6) is 0 Å². The van der Waals surface area contributed by atoms with Gasteiger partial charge in [-0.05, 0) is 61.7 Å². The molecule has 0 aliphatic heterocycles. The summed E-state index contributed by atoms with van der Waals surface area (Å²) >= 11 is 0. The van der Waals surface area contributed by atoms with Crippen LogP contribution in [0.25, 0.3) is 11.2 Å². The van der Waals surface area contributed by atoms with Crippen LogP contribution in [-0.2, 0) is 0 Å². The summed E-state index contributed by atoms with van der Waals surface area (Å²) in [7, 11) is 0. The van der Waals surface area contributed by atoms with E-state index < -0.39 is 0 Å². The van der Waals surface area contributed by atoms with Gasteiger partial charge in [0, 0.05) is 29.1 Å². The zero-order valence-electron chi connectivity index (χ0n) is 15.1. The van der Waals surface area contributed by atoms with Gasteiger partial charge in [0.05, 0.1) is 0 Å². The van der Waals surface area contributed by atoms with Gasteiger partial charge >= 0.3 is 0 Å². The number of hydrogen-bond acceptors (Lipinski definition) is 4. The van der Waals surface area contributed by atoms with Gasteiger partial charge in [0.1, 0.15) is 0 Å². The van der Waals surface area contributed by atoms with Crippen molar-refractivity contribution in [3.8, 4) is 0 Å². The lowest BCUT2D eigenvalue weighted by Crippen LogP contribution is -2.25. The number of pyridine rings is 1. The zero-order valence-corrected chi connectivity index (χ0v) is 15.1. The molecule has 3 aromatic rings. The van der Waals surface area contributed by atoms with Gasteiger partial charge in [-0.25, -0.2) is 4.52 Å². The summed E-state index contributed by atoms with van der Waals surface area (Å²) in [4.78, 5) is 16.7. The number of hydrogen-bond donors (Lipinski definition) is 2. The van der Waals surface area contributed by atoms with Gasteiger partial charge in [0.2, 0.25) is 5.95 Å². The Kier molecular flexibility index (Phi) is 4.46. The number of anilines is 2. The highest BCUT2D eigenvalue weighted by Gasteiger charge is 2.23. The third-order valence-corrected chi connectivity index (χ3v) is 4.52. The quantitative estimate of drug-likeness (QED) is 0.654. The molecular weight excluding hydrogens is 338 g/mol. The van der Waals surface area contributed by atoms with Crippen molar-refractivity contribution in [3.05, 3.63) is 72.5 Å². The standard InChI is InChI=1S/C21H21N5O/c1-3-14(4-2)18-6-5-13-26-19(18)24-21(25-26)23-17-9-7-15(8-10-17)20(27)22-16-11-12-16/h3-10,13,16H,1,11-12H2,2H3,(H,22,27)(H,23,25). The Bertz CT molecular complexity index is 1030. The minimum atomic E-state index is -0.0251. The van der Waals surface area contributed by atoms with Crippen molar-refractivity contribution in [2.24, 2.45) is 0 Å². The second-order valence-electron chi connectivity index (χ2n) is 6.52. The summed E-state index contributed by atoms with van der Waals surface area (Å²) in [5.41, 5.74) is 4.22. The molecule has 0 atom stereocenters. The molecule has 1 saturated carbocycles. The van der Waals surface area contributed by atoms with Crippen LogP contribution < -0.4 is 10.6 Å². The molecule has 2 heterocycles. The molecule has 27 heavy (non-hydrogen) atoms. The van der Waals surface area contributed by atoms with E-state index in [0.717, 1.165) is 35.3 Å². The molecule has 1 aromatic carbocycles. The Hall–Kier alpha value is -3.41. The van der Waals surface area contributed by atoms with Crippen molar-refractivity contribution in [3.63, 3.8) is 0 Å². The molecule has 2 N–H and O–H groups in total. The number of carbonyl (C=O) groups is 1. The number of nitrogens with zero attached hydrogens (tertiary/aromatic N) is 3. The highest BCUT2D eigenvalue weighted by molar-refractivity contribution is 5.95. The van der Waals surface area contributed by atoms with E-state index in [9.17, 15) is 4.79 Å². The Labute approximate surface area is 157 Å². The summed E-state index contributed by atoms with van der Waals surface area (Å²) in [6.07, 6.45) is 7.82. The van der Waals surface area contributed by atoms with E-state index >= 15 is 0 Å². The smallest absolute Gasteiger partial charge is 0.251 e. The van der Waals surface area contributed by atoms with E-state index in [-0.39, 0.29) is 5.91 Å². The van der Waals surface area contributed by atoms with Gasteiger partial charge < -0.3 is 10.6 Å². The van der Waals surface area contributed by atoms with Crippen LogP contribution in [0.1, 0.15) is 35.7 Å². The SMILES string of the molecule is C=CC(=CC)c1cccn2nc(Nc3ccc(C(=O)NC4CC4)cc3)nc12. The van der Waals surface area contributed by atoms with Crippen LogP contribution in [0.15, 0.2) is 61.3 Å². The van der Waals surface area contributed by atoms with E-state index in [2.05, 4.69) is 27.3 Å². The molecule has 1 aliphatic carbocycles. The third-order valence-electron chi connectivity index (χ3n) is 4.52. The largest absolute Gasteiger partial charge is 0.349 e. The van der Waals surface area contributed by atoms with Crippen LogP contribution >= 0.6 is 0 Å². The minimum absolute atomic E-state index is 0.0251. The maximum atomic E-state index is 12.1. The molecule has 0 spiro atoms. The number of allylic oxidation sites excluding steroid dienone is 3. The first-order valence-corrected chi connectivity index (χ1v) is 9.00. The van der Waals surface area contributed by atoms with Gasteiger partial charge in [-0.2, -0.15) is 4.98 Å². The van der Waals surface area contributed by atoms with Gasteiger partial charge in [-0.1, -0.05) is 18.7 Å². The predicted octanol–water partition coefficient (Wildman–Crippen LogP) is 3.95. The Morgan fingerprint density at radius 2 is 2.04 bits per heavy atom. The average molecular weight is 359 g/mol. The van der Waals surface area contributed by atoms with E-state index in [4.69, 9.17) is 0 Å². The molecule has 6 heteroatoms. The van der Waals surface area contributed by atoms with Crippen LogP contribution in [0.4, 0.5) is 11.6 Å². The molecule has 1 amide bonds. The van der Waals surface area contributed by atoms with E-state index in [1.807, 2.05) is 49.5 Å². The van der Waals surface area contributed by atoms with Gasteiger partial charge in [0.15, 0.2) is 5.65 Å². The van der Waals surface area contributed by atoms with Crippen molar-refractivity contribution in [1.82, 2.24) is 19.9 Å². The summed E-state index contributed by atoms with van der Waals surface area (Å²) < 4.78 is 1.74. The number of nitrogens with one attached hydrogen (secondary N) is 2. The molecule has 1 aliphatic rings. The number of amides is 1. The number of aromatic nitrogens is 3. The lowest BCUT2D eigenvalue weighted by molar-refractivity contribution is 0.0951. The average Bonchev–Trinajstić information content (AvgIpc) is 3.40. The lowest BCUT2D eigenvalue weighted by Gasteiger charge is -2.05. The molecule has 2 aromatic heterocycles. The van der Waals surface area contributed by atoms with Crippen molar-refractivity contribution >= 4 is 28.8 Å². The second-order valence-corrected chi connectivity index (χ2v) is 6.52. The first-order chi connectivity index (χ1) is 13.2. The molecule has 1 fully saturated rings. The Morgan fingerprint density at radius 3 is 2.70 bits per heavy atom. The maximum Gasteiger partial charge on any atom is 0.251 e. The number of rotatable bonds is 6. The fourth-order valence-electron chi connectivity index (χ4n) is 2.90. The van der Waals surface area contributed by atoms with Crippen LogP contribution in [-0.4, -0.2) is 26.5 Å². The molecule has 136 valence electrons. The summed E-state index contributed by atoms with van der Waals surface area (Å²) in [6.45, 7) is 5.83. The molecule has 4 rings (SSSR count). The molecule has 6 nitrogen and oxygen atoms in total. The summed E-state index contributed by atoms with van der Waals surface area (Å²) in [6, 6.07) is 11.6. The normalized spacial score (nSPS) is 14.2. The Balaban J connectivity index is 1.55. The van der Waals surface area contributed by atoms with Gasteiger partial charge in [0.25, 0.3) is 5.91 Å². The maximum absolute atomic E-state index is 12.1. The molecular formula is C21H21N5O. The molecule has 0 bridgehead atoms. The lowest BCUT2D eigenvalue weighted by atomic mass is 10.1. The summed E-state index contributed by atoms with van der Waals surface area (Å²) in [5.74, 6) is 0.472. The minimum Gasteiger partial charge on any atom is -0.349 e. The second kappa shape index (κ2) is 7.07. The fraction of sp³-hybridized carbons (Fsp3) is 0.190. The third kappa shape index (κ3) is 3.60. The number of fused-ring (bicyclic) bond motifs is 1. The summed E-state index contributed by atoms with van der Waals surface area (Å²) in [5, 5.41) is 10.7.